The second kappa shape index (κ2) is 7.99. The monoisotopic (exact) mass is 331 g/mol. The van der Waals surface area contributed by atoms with Gasteiger partial charge in [-0.2, -0.15) is 0 Å². The van der Waals surface area contributed by atoms with Crippen LogP contribution < -0.4 is 16.0 Å². The molecule has 0 saturated carbocycles. The maximum Gasteiger partial charge on any atom is 0.227 e. The highest BCUT2D eigenvalue weighted by Gasteiger charge is 2.28. The van der Waals surface area contributed by atoms with E-state index in [-0.39, 0.29) is 24.2 Å². The van der Waals surface area contributed by atoms with Crippen molar-refractivity contribution in [3.63, 3.8) is 0 Å². The van der Waals surface area contributed by atoms with Crippen molar-refractivity contribution in [2.24, 2.45) is 11.8 Å². The number of anilines is 3. The molecule has 4 nitrogen and oxygen atoms in total. The van der Waals surface area contributed by atoms with Gasteiger partial charge in [0.2, 0.25) is 5.91 Å². The van der Waals surface area contributed by atoms with Crippen LogP contribution in [0.15, 0.2) is 54.6 Å². The third kappa shape index (κ3) is 4.47. The van der Waals surface area contributed by atoms with Crippen molar-refractivity contribution in [2.75, 3.05) is 23.7 Å². The predicted octanol–water partition coefficient (Wildman–Crippen LogP) is 3.65. The highest BCUT2D eigenvalue weighted by Crippen LogP contribution is 2.22. The molecular weight excluding hydrogens is 310 g/mol. The molecule has 0 bridgehead atoms. The predicted molar refractivity (Wildman–Crippen MR) is 97.6 cm³/mol. The van der Waals surface area contributed by atoms with E-state index in [1.807, 2.05) is 61.5 Å². The number of para-hydroxylation sites is 1. The van der Waals surface area contributed by atoms with Gasteiger partial charge in [0, 0.05) is 23.0 Å². The first-order chi connectivity index (χ1) is 10.7. The molecule has 3 N–H and O–H groups in total. The number of carbonyl (C=O) groups is 1. The largest absolute Gasteiger partial charge is 0.355 e. The summed E-state index contributed by atoms with van der Waals surface area (Å²) in [5.74, 6) is 0.570. The first kappa shape index (κ1) is 17.3. The zero-order valence-corrected chi connectivity index (χ0v) is 13.9. The van der Waals surface area contributed by atoms with Gasteiger partial charge in [0.25, 0.3) is 0 Å². The van der Waals surface area contributed by atoms with E-state index in [2.05, 4.69) is 16.0 Å². The number of hydrogen-bond donors (Lipinski definition) is 3. The SMILES string of the molecule is CC(C(=O)Nc1cccc(Nc2ccccc2)c1)C1CNC1.Cl. The Morgan fingerprint density at radius 1 is 1.04 bits per heavy atom. The summed E-state index contributed by atoms with van der Waals surface area (Å²) in [4.78, 5) is 12.3. The Labute approximate surface area is 143 Å². The molecule has 1 heterocycles. The third-order valence-electron chi connectivity index (χ3n) is 4.13. The Balaban J connectivity index is 0.00000192. The Hall–Kier alpha value is -2.04. The van der Waals surface area contributed by atoms with Crippen LogP contribution in [0, 0.1) is 11.8 Å². The fourth-order valence-electron chi connectivity index (χ4n) is 2.50. The third-order valence-corrected chi connectivity index (χ3v) is 4.13. The molecule has 1 unspecified atom stereocenters. The average Bonchev–Trinajstić information content (AvgIpc) is 2.47. The standard InChI is InChI=1S/C18H21N3O.ClH/c1-13(14-11-19-12-14)18(22)21-17-9-5-8-16(10-17)20-15-6-3-2-4-7-15;/h2-10,13-14,19-20H,11-12H2,1H3,(H,21,22);1H. The summed E-state index contributed by atoms with van der Waals surface area (Å²) >= 11 is 0. The van der Waals surface area contributed by atoms with E-state index in [0.29, 0.717) is 5.92 Å². The minimum absolute atomic E-state index is 0. The molecule has 2 aromatic carbocycles. The van der Waals surface area contributed by atoms with Gasteiger partial charge in [-0.1, -0.05) is 31.2 Å². The lowest BCUT2D eigenvalue weighted by Gasteiger charge is -2.31. The van der Waals surface area contributed by atoms with Gasteiger partial charge in [-0.3, -0.25) is 4.79 Å². The molecule has 0 aliphatic carbocycles. The summed E-state index contributed by atoms with van der Waals surface area (Å²) in [7, 11) is 0. The lowest BCUT2D eigenvalue weighted by molar-refractivity contribution is -0.121. The molecule has 1 aliphatic rings. The summed E-state index contributed by atoms with van der Waals surface area (Å²) in [5.41, 5.74) is 2.81. The Bertz CT molecular complexity index is 644. The van der Waals surface area contributed by atoms with Crippen molar-refractivity contribution in [1.82, 2.24) is 5.32 Å². The molecule has 1 atom stereocenters. The summed E-state index contributed by atoms with van der Waals surface area (Å²) in [5, 5.41) is 9.55. The zero-order chi connectivity index (χ0) is 15.4. The number of hydrogen-bond acceptors (Lipinski definition) is 3. The van der Waals surface area contributed by atoms with Gasteiger partial charge in [0.1, 0.15) is 0 Å². The second-order valence-electron chi connectivity index (χ2n) is 5.77. The summed E-state index contributed by atoms with van der Waals surface area (Å²) in [6.07, 6.45) is 0. The Kier molecular flexibility index (Phi) is 6.02. The fraction of sp³-hybridized carbons (Fsp3) is 0.278. The van der Waals surface area contributed by atoms with Gasteiger partial charge in [-0.25, -0.2) is 0 Å². The van der Waals surface area contributed by atoms with Crippen LogP contribution in [0.2, 0.25) is 0 Å². The molecular formula is C18H22ClN3O. The molecule has 0 spiro atoms. The highest BCUT2D eigenvalue weighted by molar-refractivity contribution is 5.93. The van der Waals surface area contributed by atoms with Gasteiger partial charge in [0.15, 0.2) is 0 Å². The zero-order valence-electron chi connectivity index (χ0n) is 13.1. The first-order valence-corrected chi connectivity index (χ1v) is 7.66. The number of rotatable bonds is 5. The smallest absolute Gasteiger partial charge is 0.227 e. The average molecular weight is 332 g/mol. The van der Waals surface area contributed by atoms with Crippen LogP contribution in [0.5, 0.6) is 0 Å². The molecule has 1 aliphatic heterocycles. The van der Waals surface area contributed by atoms with Crippen molar-refractivity contribution in [3.8, 4) is 0 Å². The number of carbonyl (C=O) groups excluding carboxylic acids is 1. The van der Waals surface area contributed by atoms with Crippen molar-refractivity contribution in [3.05, 3.63) is 54.6 Å². The first-order valence-electron chi connectivity index (χ1n) is 7.66. The lowest BCUT2D eigenvalue weighted by Crippen LogP contribution is -2.48. The quantitative estimate of drug-likeness (QED) is 0.784. The van der Waals surface area contributed by atoms with Crippen LogP contribution in [0.4, 0.5) is 17.1 Å². The van der Waals surface area contributed by atoms with E-state index in [4.69, 9.17) is 0 Å². The maximum atomic E-state index is 12.3. The number of amides is 1. The summed E-state index contributed by atoms with van der Waals surface area (Å²) in [6, 6.07) is 17.8. The van der Waals surface area contributed by atoms with Crippen molar-refractivity contribution in [2.45, 2.75) is 6.92 Å². The number of nitrogens with one attached hydrogen (secondary N) is 3. The Morgan fingerprint density at radius 2 is 1.70 bits per heavy atom. The number of halogens is 1. The molecule has 1 fully saturated rings. The second-order valence-corrected chi connectivity index (χ2v) is 5.77. The van der Waals surface area contributed by atoms with Crippen LogP contribution >= 0.6 is 12.4 Å². The summed E-state index contributed by atoms with van der Waals surface area (Å²) < 4.78 is 0. The van der Waals surface area contributed by atoms with E-state index in [0.717, 1.165) is 30.2 Å². The minimum Gasteiger partial charge on any atom is -0.355 e. The van der Waals surface area contributed by atoms with Crippen molar-refractivity contribution >= 4 is 35.4 Å². The van der Waals surface area contributed by atoms with Crippen LogP contribution in [-0.4, -0.2) is 19.0 Å². The van der Waals surface area contributed by atoms with E-state index in [9.17, 15) is 4.79 Å². The van der Waals surface area contributed by atoms with E-state index >= 15 is 0 Å². The molecule has 0 aromatic heterocycles. The van der Waals surface area contributed by atoms with Gasteiger partial charge >= 0.3 is 0 Å². The van der Waals surface area contributed by atoms with Gasteiger partial charge in [-0.15, -0.1) is 12.4 Å². The van der Waals surface area contributed by atoms with Gasteiger partial charge in [0.05, 0.1) is 0 Å². The summed E-state index contributed by atoms with van der Waals surface area (Å²) in [6.45, 7) is 3.86. The number of benzene rings is 2. The maximum absolute atomic E-state index is 12.3. The molecule has 2 aromatic rings. The minimum atomic E-state index is 0. The molecule has 1 amide bonds. The van der Waals surface area contributed by atoms with E-state index in [1.165, 1.54) is 0 Å². The molecule has 0 radical (unpaired) electrons. The molecule has 3 rings (SSSR count). The van der Waals surface area contributed by atoms with E-state index in [1.54, 1.807) is 0 Å². The van der Waals surface area contributed by atoms with E-state index < -0.39 is 0 Å². The molecule has 122 valence electrons. The van der Waals surface area contributed by atoms with Crippen molar-refractivity contribution < 1.29 is 4.79 Å². The highest BCUT2D eigenvalue weighted by atomic mass is 35.5. The van der Waals surface area contributed by atoms with Crippen LogP contribution in [-0.2, 0) is 4.79 Å². The van der Waals surface area contributed by atoms with Crippen LogP contribution in [0.1, 0.15) is 6.92 Å². The topological polar surface area (TPSA) is 53.2 Å². The van der Waals surface area contributed by atoms with Gasteiger partial charge < -0.3 is 16.0 Å². The molecule has 23 heavy (non-hydrogen) atoms. The Morgan fingerprint density at radius 3 is 2.35 bits per heavy atom. The van der Waals surface area contributed by atoms with Crippen LogP contribution in [0.3, 0.4) is 0 Å². The molecule has 1 saturated heterocycles. The lowest BCUT2D eigenvalue weighted by atomic mass is 9.88. The normalized spacial score (nSPS) is 15.0. The van der Waals surface area contributed by atoms with Crippen LogP contribution in [0.25, 0.3) is 0 Å². The van der Waals surface area contributed by atoms with Gasteiger partial charge in [-0.05, 0) is 49.3 Å². The van der Waals surface area contributed by atoms with Crippen molar-refractivity contribution in [1.29, 1.82) is 0 Å². The molecule has 5 heteroatoms. The fourth-order valence-corrected chi connectivity index (χ4v) is 2.50.